The van der Waals surface area contributed by atoms with E-state index in [0.717, 1.165) is 44.4 Å². The highest BCUT2D eigenvalue weighted by atomic mass is 15.3. The molecular formula is C20H24N6. The van der Waals surface area contributed by atoms with Gasteiger partial charge in [-0.15, -0.1) is 0 Å². The van der Waals surface area contributed by atoms with Gasteiger partial charge in [-0.25, -0.2) is 9.97 Å². The van der Waals surface area contributed by atoms with Crippen LogP contribution in [-0.2, 0) is 6.54 Å². The van der Waals surface area contributed by atoms with Gasteiger partial charge in [0.15, 0.2) is 0 Å². The predicted molar refractivity (Wildman–Crippen MR) is 103 cm³/mol. The maximum atomic E-state index is 4.35. The summed E-state index contributed by atoms with van der Waals surface area (Å²) in [6, 6.07) is 8.43. The van der Waals surface area contributed by atoms with Crippen LogP contribution < -0.4 is 4.90 Å². The SMILES string of the molecule is Cc1ccc(-c2[nH]ncc2CN2CCN(c3ncccn3)CC2)cc1C. The highest BCUT2D eigenvalue weighted by molar-refractivity contribution is 5.64. The summed E-state index contributed by atoms with van der Waals surface area (Å²) in [4.78, 5) is 13.4. The number of aryl methyl sites for hydroxylation is 2. The topological polar surface area (TPSA) is 60.9 Å². The lowest BCUT2D eigenvalue weighted by molar-refractivity contribution is 0.249. The molecular weight excluding hydrogens is 324 g/mol. The van der Waals surface area contributed by atoms with Gasteiger partial charge in [-0.05, 0) is 37.1 Å². The fourth-order valence-electron chi connectivity index (χ4n) is 3.38. The molecule has 26 heavy (non-hydrogen) atoms. The number of hydrogen-bond donors (Lipinski definition) is 1. The quantitative estimate of drug-likeness (QED) is 0.786. The fourth-order valence-corrected chi connectivity index (χ4v) is 3.38. The van der Waals surface area contributed by atoms with Gasteiger partial charge >= 0.3 is 0 Å². The van der Waals surface area contributed by atoms with Gasteiger partial charge in [0.2, 0.25) is 5.95 Å². The molecule has 0 atom stereocenters. The molecule has 6 heteroatoms. The molecule has 1 saturated heterocycles. The molecule has 1 aliphatic heterocycles. The summed E-state index contributed by atoms with van der Waals surface area (Å²) in [6.07, 6.45) is 5.56. The number of rotatable bonds is 4. The van der Waals surface area contributed by atoms with E-state index in [4.69, 9.17) is 0 Å². The van der Waals surface area contributed by atoms with Crippen molar-refractivity contribution >= 4 is 5.95 Å². The smallest absolute Gasteiger partial charge is 0.225 e. The standard InChI is InChI=1S/C20H24N6/c1-15-4-5-17(12-16(15)2)19-18(13-23-24-19)14-25-8-10-26(11-9-25)20-21-6-3-7-22-20/h3-7,12-13H,8-11,14H2,1-2H3,(H,23,24). The van der Waals surface area contributed by atoms with Crippen molar-refractivity contribution in [2.45, 2.75) is 20.4 Å². The first-order valence-corrected chi connectivity index (χ1v) is 9.05. The first-order valence-electron chi connectivity index (χ1n) is 9.05. The van der Waals surface area contributed by atoms with Crippen molar-refractivity contribution < 1.29 is 0 Å². The zero-order chi connectivity index (χ0) is 17.9. The summed E-state index contributed by atoms with van der Waals surface area (Å²) in [5, 5.41) is 7.48. The van der Waals surface area contributed by atoms with Gasteiger partial charge < -0.3 is 4.90 Å². The summed E-state index contributed by atoms with van der Waals surface area (Å²) in [5.41, 5.74) is 6.20. The molecule has 1 N–H and O–H groups in total. The van der Waals surface area contributed by atoms with Gasteiger partial charge in [0.05, 0.1) is 11.9 Å². The molecule has 1 aromatic carbocycles. The van der Waals surface area contributed by atoms with Gasteiger partial charge in [0, 0.05) is 56.2 Å². The molecule has 6 nitrogen and oxygen atoms in total. The van der Waals surface area contributed by atoms with Gasteiger partial charge in [-0.2, -0.15) is 5.10 Å². The number of nitrogens with one attached hydrogen (secondary N) is 1. The van der Waals surface area contributed by atoms with Crippen molar-refractivity contribution in [2.75, 3.05) is 31.1 Å². The molecule has 0 spiro atoms. The lowest BCUT2D eigenvalue weighted by Gasteiger charge is -2.34. The van der Waals surface area contributed by atoms with E-state index in [1.807, 2.05) is 12.3 Å². The van der Waals surface area contributed by atoms with E-state index < -0.39 is 0 Å². The molecule has 0 amide bonds. The number of aromatic nitrogens is 4. The van der Waals surface area contributed by atoms with Crippen molar-refractivity contribution in [3.05, 3.63) is 59.5 Å². The highest BCUT2D eigenvalue weighted by Crippen LogP contribution is 2.25. The molecule has 3 heterocycles. The molecule has 1 aliphatic rings. The Hall–Kier alpha value is -2.73. The molecule has 4 rings (SSSR count). The number of hydrogen-bond acceptors (Lipinski definition) is 5. The van der Waals surface area contributed by atoms with Crippen molar-refractivity contribution in [3.63, 3.8) is 0 Å². The summed E-state index contributed by atoms with van der Waals surface area (Å²) in [5.74, 6) is 0.825. The molecule has 0 bridgehead atoms. The number of anilines is 1. The monoisotopic (exact) mass is 348 g/mol. The maximum absolute atomic E-state index is 4.35. The average molecular weight is 348 g/mol. The van der Waals surface area contributed by atoms with Crippen LogP contribution in [0.4, 0.5) is 5.95 Å². The minimum Gasteiger partial charge on any atom is -0.338 e. The Morgan fingerprint density at radius 2 is 1.77 bits per heavy atom. The van der Waals surface area contributed by atoms with Crippen molar-refractivity contribution in [1.82, 2.24) is 25.1 Å². The largest absolute Gasteiger partial charge is 0.338 e. The minimum atomic E-state index is 0.825. The Labute approximate surface area is 153 Å². The Morgan fingerprint density at radius 1 is 1.00 bits per heavy atom. The first kappa shape index (κ1) is 16.7. The lowest BCUT2D eigenvalue weighted by atomic mass is 10.0. The third-order valence-corrected chi connectivity index (χ3v) is 5.11. The van der Waals surface area contributed by atoms with Crippen LogP contribution in [0.2, 0.25) is 0 Å². The Kier molecular flexibility index (Phi) is 4.67. The molecule has 0 unspecified atom stereocenters. The van der Waals surface area contributed by atoms with E-state index in [1.54, 1.807) is 12.4 Å². The van der Waals surface area contributed by atoms with Crippen LogP contribution in [0.15, 0.2) is 42.9 Å². The van der Waals surface area contributed by atoms with Crippen molar-refractivity contribution in [2.24, 2.45) is 0 Å². The number of nitrogens with zero attached hydrogens (tertiary/aromatic N) is 5. The summed E-state index contributed by atoms with van der Waals surface area (Å²) >= 11 is 0. The molecule has 0 radical (unpaired) electrons. The van der Waals surface area contributed by atoms with Crippen LogP contribution in [-0.4, -0.2) is 51.2 Å². The lowest BCUT2D eigenvalue weighted by Crippen LogP contribution is -2.46. The Morgan fingerprint density at radius 3 is 2.50 bits per heavy atom. The van der Waals surface area contributed by atoms with Crippen molar-refractivity contribution in [1.29, 1.82) is 0 Å². The molecule has 0 saturated carbocycles. The van der Waals surface area contributed by atoms with Gasteiger partial charge in [0.1, 0.15) is 0 Å². The molecule has 134 valence electrons. The van der Waals surface area contributed by atoms with E-state index in [1.165, 1.54) is 22.3 Å². The summed E-state index contributed by atoms with van der Waals surface area (Å²) in [6.45, 7) is 9.08. The van der Waals surface area contributed by atoms with Gasteiger partial charge in [-0.3, -0.25) is 10.00 Å². The minimum absolute atomic E-state index is 0.825. The van der Waals surface area contributed by atoms with Gasteiger partial charge in [0.25, 0.3) is 0 Å². The zero-order valence-electron chi connectivity index (χ0n) is 15.3. The van der Waals surface area contributed by atoms with Gasteiger partial charge in [-0.1, -0.05) is 12.1 Å². The number of benzene rings is 1. The third-order valence-electron chi connectivity index (χ3n) is 5.11. The molecule has 0 aliphatic carbocycles. The van der Waals surface area contributed by atoms with Crippen LogP contribution in [0.1, 0.15) is 16.7 Å². The molecule has 1 fully saturated rings. The Bertz CT molecular complexity index is 865. The highest BCUT2D eigenvalue weighted by Gasteiger charge is 2.20. The number of aromatic amines is 1. The normalized spacial score (nSPS) is 15.4. The second-order valence-corrected chi connectivity index (χ2v) is 6.88. The van der Waals surface area contributed by atoms with Crippen LogP contribution in [0, 0.1) is 13.8 Å². The first-order chi connectivity index (χ1) is 12.7. The third kappa shape index (κ3) is 3.46. The van der Waals surface area contributed by atoms with E-state index in [0.29, 0.717) is 0 Å². The second-order valence-electron chi connectivity index (χ2n) is 6.88. The van der Waals surface area contributed by atoms with E-state index >= 15 is 0 Å². The zero-order valence-corrected chi connectivity index (χ0v) is 15.3. The predicted octanol–water partition coefficient (Wildman–Crippen LogP) is 2.81. The molecule has 3 aromatic rings. The Balaban J connectivity index is 1.43. The van der Waals surface area contributed by atoms with E-state index in [-0.39, 0.29) is 0 Å². The van der Waals surface area contributed by atoms with E-state index in [2.05, 4.69) is 62.0 Å². The summed E-state index contributed by atoms with van der Waals surface area (Å²) in [7, 11) is 0. The fraction of sp³-hybridized carbons (Fsp3) is 0.350. The average Bonchev–Trinajstić information content (AvgIpc) is 3.13. The van der Waals surface area contributed by atoms with Crippen molar-refractivity contribution in [3.8, 4) is 11.3 Å². The number of piperazine rings is 1. The molecule has 2 aromatic heterocycles. The van der Waals surface area contributed by atoms with E-state index in [9.17, 15) is 0 Å². The number of H-pyrrole nitrogens is 1. The summed E-state index contributed by atoms with van der Waals surface area (Å²) < 4.78 is 0. The van der Waals surface area contributed by atoms with Crippen LogP contribution in [0.3, 0.4) is 0 Å². The second kappa shape index (κ2) is 7.25. The van der Waals surface area contributed by atoms with Crippen LogP contribution in [0.5, 0.6) is 0 Å². The van der Waals surface area contributed by atoms with Crippen LogP contribution in [0.25, 0.3) is 11.3 Å². The maximum Gasteiger partial charge on any atom is 0.225 e. The van der Waals surface area contributed by atoms with Crippen LogP contribution >= 0.6 is 0 Å².